The van der Waals surface area contributed by atoms with Gasteiger partial charge in [0.25, 0.3) is 5.91 Å². The lowest BCUT2D eigenvalue weighted by Crippen LogP contribution is -2.40. The van der Waals surface area contributed by atoms with E-state index in [1.165, 1.54) is 0 Å². The van der Waals surface area contributed by atoms with E-state index in [4.69, 9.17) is 0 Å². The molecule has 1 amide bonds. The highest BCUT2D eigenvalue weighted by Gasteiger charge is 2.35. The molecule has 0 radical (unpaired) electrons. The third kappa shape index (κ3) is 3.39. The van der Waals surface area contributed by atoms with Crippen molar-refractivity contribution in [2.45, 2.75) is 19.0 Å². The lowest BCUT2D eigenvalue weighted by Gasteiger charge is -2.28. The zero-order chi connectivity index (χ0) is 15.6. The lowest BCUT2D eigenvalue weighted by atomic mass is 10.1. The van der Waals surface area contributed by atoms with E-state index in [1.807, 2.05) is 35.7 Å². The molecule has 22 heavy (non-hydrogen) atoms. The van der Waals surface area contributed by atoms with Crippen LogP contribution in [0.25, 0.3) is 0 Å². The number of thiophene rings is 1. The number of carbonyl (C=O) groups is 1. The van der Waals surface area contributed by atoms with Crippen molar-refractivity contribution in [1.82, 2.24) is 4.90 Å². The molecule has 1 aliphatic rings. The second-order valence-corrected chi connectivity index (χ2v) is 8.70. The van der Waals surface area contributed by atoms with E-state index in [-0.39, 0.29) is 23.5 Å². The number of rotatable bonds is 4. The molecule has 1 atom stereocenters. The molecule has 0 unspecified atom stereocenters. The zero-order valence-electron chi connectivity index (χ0n) is 12.0. The molecule has 1 fully saturated rings. The minimum absolute atomic E-state index is 0.0664. The van der Waals surface area contributed by atoms with E-state index < -0.39 is 9.84 Å². The van der Waals surface area contributed by atoms with E-state index in [9.17, 15) is 13.2 Å². The van der Waals surface area contributed by atoms with Crippen LogP contribution in [-0.4, -0.2) is 36.8 Å². The predicted molar refractivity (Wildman–Crippen MR) is 87.7 cm³/mol. The Morgan fingerprint density at radius 1 is 1.18 bits per heavy atom. The van der Waals surface area contributed by atoms with Gasteiger partial charge in [0.1, 0.15) is 0 Å². The summed E-state index contributed by atoms with van der Waals surface area (Å²) in [6.07, 6.45) is 0.520. The van der Waals surface area contributed by atoms with Crippen LogP contribution >= 0.6 is 11.3 Å². The van der Waals surface area contributed by atoms with Crippen molar-refractivity contribution in [3.63, 3.8) is 0 Å². The third-order valence-electron chi connectivity index (χ3n) is 3.84. The zero-order valence-corrected chi connectivity index (χ0v) is 13.6. The Morgan fingerprint density at radius 2 is 1.95 bits per heavy atom. The molecule has 0 saturated carbocycles. The molecule has 116 valence electrons. The molecule has 1 aliphatic heterocycles. The van der Waals surface area contributed by atoms with Crippen molar-refractivity contribution < 1.29 is 13.2 Å². The number of hydrogen-bond donors (Lipinski definition) is 0. The molecule has 6 heteroatoms. The quantitative estimate of drug-likeness (QED) is 0.863. The summed E-state index contributed by atoms with van der Waals surface area (Å²) in [6.45, 7) is 0.464. The minimum Gasteiger partial charge on any atom is -0.329 e. The van der Waals surface area contributed by atoms with Gasteiger partial charge in [-0.1, -0.05) is 24.3 Å². The van der Waals surface area contributed by atoms with Crippen molar-refractivity contribution in [1.29, 1.82) is 0 Å². The Kier molecular flexibility index (Phi) is 4.31. The molecule has 0 spiro atoms. The van der Waals surface area contributed by atoms with Gasteiger partial charge in [-0.3, -0.25) is 4.79 Å². The Bertz CT molecular complexity index is 739. The first-order chi connectivity index (χ1) is 10.6. The van der Waals surface area contributed by atoms with Crippen molar-refractivity contribution >= 4 is 27.1 Å². The molecule has 2 aromatic rings. The number of amides is 1. The second kappa shape index (κ2) is 6.22. The fourth-order valence-corrected chi connectivity index (χ4v) is 5.14. The average Bonchev–Trinajstić information content (AvgIpc) is 3.14. The molecule has 4 nitrogen and oxygen atoms in total. The highest BCUT2D eigenvalue weighted by Crippen LogP contribution is 2.23. The summed E-state index contributed by atoms with van der Waals surface area (Å²) in [4.78, 5) is 15.6. The van der Waals surface area contributed by atoms with Gasteiger partial charge in [-0.25, -0.2) is 8.42 Å². The van der Waals surface area contributed by atoms with Gasteiger partial charge in [0, 0.05) is 16.5 Å². The van der Waals surface area contributed by atoms with E-state index in [0.717, 1.165) is 4.88 Å². The van der Waals surface area contributed by atoms with Crippen LogP contribution in [0.3, 0.4) is 0 Å². The van der Waals surface area contributed by atoms with Gasteiger partial charge in [-0.05, 0) is 30.0 Å². The Balaban J connectivity index is 1.87. The summed E-state index contributed by atoms with van der Waals surface area (Å²) in [7, 11) is -3.03. The monoisotopic (exact) mass is 335 g/mol. The largest absolute Gasteiger partial charge is 0.329 e. The first kappa shape index (κ1) is 15.2. The average molecular weight is 335 g/mol. The van der Waals surface area contributed by atoms with Crippen molar-refractivity contribution in [2.24, 2.45) is 0 Å². The van der Waals surface area contributed by atoms with Gasteiger partial charge >= 0.3 is 0 Å². The second-order valence-electron chi connectivity index (χ2n) is 5.44. The van der Waals surface area contributed by atoms with E-state index in [1.54, 1.807) is 28.4 Å². The topological polar surface area (TPSA) is 54.5 Å². The predicted octanol–water partition coefficient (Wildman–Crippen LogP) is 2.58. The van der Waals surface area contributed by atoms with Crippen LogP contribution in [0.2, 0.25) is 0 Å². The van der Waals surface area contributed by atoms with Crippen molar-refractivity contribution in [3.8, 4) is 0 Å². The standard InChI is InChI=1S/C16H17NO3S2/c18-16(13-5-2-1-3-6-13)17(11-15-7-4-9-21-15)14-8-10-22(19,20)12-14/h1-7,9,14H,8,10-12H2/t14-/m0/s1. The molecule has 0 aliphatic carbocycles. The van der Waals surface area contributed by atoms with Gasteiger partial charge in [-0.2, -0.15) is 0 Å². The number of hydrogen-bond acceptors (Lipinski definition) is 4. The van der Waals surface area contributed by atoms with E-state index in [0.29, 0.717) is 18.5 Å². The molecular weight excluding hydrogens is 318 g/mol. The molecule has 1 aromatic heterocycles. The van der Waals surface area contributed by atoms with Crippen LogP contribution in [0.15, 0.2) is 47.8 Å². The van der Waals surface area contributed by atoms with Crippen LogP contribution < -0.4 is 0 Å². The minimum atomic E-state index is -3.03. The fraction of sp³-hybridized carbons (Fsp3) is 0.312. The molecule has 0 bridgehead atoms. The molecule has 1 saturated heterocycles. The fourth-order valence-electron chi connectivity index (χ4n) is 2.70. The van der Waals surface area contributed by atoms with Gasteiger partial charge in [-0.15, -0.1) is 11.3 Å². The maximum absolute atomic E-state index is 12.8. The van der Waals surface area contributed by atoms with Crippen LogP contribution in [0, 0.1) is 0 Å². The molecular formula is C16H17NO3S2. The normalized spacial score (nSPS) is 19.9. The van der Waals surface area contributed by atoms with Gasteiger partial charge in [0.15, 0.2) is 9.84 Å². The lowest BCUT2D eigenvalue weighted by molar-refractivity contribution is 0.0683. The summed E-state index contributed by atoms with van der Waals surface area (Å²) >= 11 is 1.58. The summed E-state index contributed by atoms with van der Waals surface area (Å²) in [5, 5.41) is 1.96. The summed E-state index contributed by atoms with van der Waals surface area (Å²) in [5.74, 6) is 0.133. The Labute approximate surface area is 134 Å². The van der Waals surface area contributed by atoms with E-state index in [2.05, 4.69) is 0 Å². The number of sulfone groups is 1. The first-order valence-corrected chi connectivity index (χ1v) is 9.84. The maximum atomic E-state index is 12.8. The van der Waals surface area contributed by atoms with Gasteiger partial charge in [0.05, 0.1) is 18.1 Å². The maximum Gasteiger partial charge on any atom is 0.254 e. The highest BCUT2D eigenvalue weighted by atomic mass is 32.2. The third-order valence-corrected chi connectivity index (χ3v) is 6.45. The number of nitrogens with zero attached hydrogens (tertiary/aromatic N) is 1. The highest BCUT2D eigenvalue weighted by molar-refractivity contribution is 7.91. The Hall–Kier alpha value is -1.66. The summed E-state index contributed by atoms with van der Waals surface area (Å²) in [6, 6.07) is 12.7. The first-order valence-electron chi connectivity index (χ1n) is 7.14. The van der Waals surface area contributed by atoms with E-state index >= 15 is 0 Å². The Morgan fingerprint density at radius 3 is 2.55 bits per heavy atom. The van der Waals surface area contributed by atoms with Crippen molar-refractivity contribution in [3.05, 3.63) is 58.3 Å². The molecule has 0 N–H and O–H groups in total. The molecule has 1 aromatic carbocycles. The molecule has 2 heterocycles. The number of carbonyl (C=O) groups excluding carboxylic acids is 1. The van der Waals surface area contributed by atoms with Gasteiger partial charge in [0.2, 0.25) is 0 Å². The summed E-state index contributed by atoms with van der Waals surface area (Å²) in [5.41, 5.74) is 0.600. The van der Waals surface area contributed by atoms with Crippen LogP contribution in [0.1, 0.15) is 21.7 Å². The summed E-state index contributed by atoms with van der Waals surface area (Å²) < 4.78 is 23.5. The number of benzene rings is 1. The van der Waals surface area contributed by atoms with Gasteiger partial charge < -0.3 is 4.90 Å². The van der Waals surface area contributed by atoms with Crippen LogP contribution in [0.5, 0.6) is 0 Å². The van der Waals surface area contributed by atoms with Crippen LogP contribution in [0.4, 0.5) is 0 Å². The van der Waals surface area contributed by atoms with Crippen molar-refractivity contribution in [2.75, 3.05) is 11.5 Å². The van der Waals surface area contributed by atoms with Crippen LogP contribution in [-0.2, 0) is 16.4 Å². The smallest absolute Gasteiger partial charge is 0.254 e. The molecule has 3 rings (SSSR count). The SMILES string of the molecule is O=C(c1ccccc1)N(Cc1cccs1)[C@H]1CCS(=O)(=O)C1.